The summed E-state index contributed by atoms with van der Waals surface area (Å²) in [6.45, 7) is 0. The summed E-state index contributed by atoms with van der Waals surface area (Å²) >= 11 is 0. The zero-order valence-electron chi connectivity index (χ0n) is 22.5. The van der Waals surface area contributed by atoms with Crippen LogP contribution in [0, 0.1) is 0 Å². The molecule has 198 valence electrons. The van der Waals surface area contributed by atoms with Crippen molar-refractivity contribution >= 4 is 44.6 Å². The summed E-state index contributed by atoms with van der Waals surface area (Å²) in [5.74, 6) is 3.11. The number of aromatic nitrogens is 3. The molecular weight excluding hydrogens is 518 g/mol. The molecule has 1 atom stereocenters. The average molecular weight is 542 g/mol. The molecule has 0 N–H and O–H groups in total. The highest BCUT2D eigenvalue weighted by atomic mass is 16.3. The molecule has 0 saturated carbocycles. The van der Waals surface area contributed by atoms with Crippen LogP contribution < -0.4 is 0 Å². The Labute approximate surface area is 241 Å². The normalized spacial score (nSPS) is 16.0. The number of benzene rings is 4. The van der Waals surface area contributed by atoms with E-state index in [4.69, 9.17) is 23.8 Å². The van der Waals surface area contributed by atoms with Gasteiger partial charge in [-0.15, -0.1) is 0 Å². The van der Waals surface area contributed by atoms with Gasteiger partial charge < -0.3 is 8.83 Å². The molecule has 0 saturated heterocycles. The summed E-state index contributed by atoms with van der Waals surface area (Å²) in [5.41, 5.74) is 7.81. The first-order valence-electron chi connectivity index (χ1n) is 14.1. The van der Waals surface area contributed by atoms with Crippen LogP contribution in [0.15, 0.2) is 130 Å². The van der Waals surface area contributed by atoms with E-state index in [9.17, 15) is 0 Å². The lowest BCUT2D eigenvalue weighted by atomic mass is 9.81. The molecule has 4 aromatic carbocycles. The SMILES string of the molecule is C1=Cc2c(oc3ccccc23)C2CC=C(c3nc(-c4ccccc4)nc(-c4cccc5oc6ccccc6c45)n3)C=C12. The largest absolute Gasteiger partial charge is 0.460 e. The third kappa shape index (κ3) is 3.53. The molecule has 9 rings (SSSR count). The molecule has 0 spiro atoms. The van der Waals surface area contributed by atoms with Crippen LogP contribution in [0.1, 0.15) is 29.5 Å². The van der Waals surface area contributed by atoms with Crippen molar-refractivity contribution in [1.29, 1.82) is 0 Å². The first-order chi connectivity index (χ1) is 20.8. The first kappa shape index (κ1) is 23.2. The lowest BCUT2D eigenvalue weighted by Crippen LogP contribution is -2.10. The Morgan fingerprint density at radius 1 is 0.595 bits per heavy atom. The summed E-state index contributed by atoms with van der Waals surface area (Å²) in [6.07, 6.45) is 9.61. The van der Waals surface area contributed by atoms with Crippen LogP contribution in [0.5, 0.6) is 0 Å². The molecule has 42 heavy (non-hydrogen) atoms. The molecule has 1 unspecified atom stereocenters. The summed E-state index contributed by atoms with van der Waals surface area (Å²) in [4.78, 5) is 15.1. The Balaban J connectivity index is 1.20. The maximum atomic E-state index is 6.35. The molecule has 0 radical (unpaired) electrons. The second-order valence-corrected chi connectivity index (χ2v) is 10.8. The van der Waals surface area contributed by atoms with Crippen LogP contribution in [0.25, 0.3) is 67.3 Å². The zero-order chi connectivity index (χ0) is 27.6. The maximum absolute atomic E-state index is 6.35. The van der Waals surface area contributed by atoms with Crippen molar-refractivity contribution in [3.8, 4) is 22.8 Å². The van der Waals surface area contributed by atoms with E-state index in [1.165, 1.54) is 11.1 Å². The van der Waals surface area contributed by atoms with Gasteiger partial charge in [-0.3, -0.25) is 0 Å². The summed E-state index contributed by atoms with van der Waals surface area (Å²) < 4.78 is 12.5. The number of allylic oxidation sites excluding steroid dienone is 5. The van der Waals surface area contributed by atoms with Gasteiger partial charge in [0.2, 0.25) is 0 Å². The van der Waals surface area contributed by atoms with Gasteiger partial charge in [0, 0.05) is 44.3 Å². The van der Waals surface area contributed by atoms with E-state index < -0.39 is 0 Å². The number of rotatable bonds is 3. The van der Waals surface area contributed by atoms with Gasteiger partial charge >= 0.3 is 0 Å². The molecule has 0 amide bonds. The number of hydrogen-bond donors (Lipinski definition) is 0. The smallest absolute Gasteiger partial charge is 0.164 e. The Kier molecular flexibility index (Phi) is 4.96. The van der Waals surface area contributed by atoms with Crippen molar-refractivity contribution in [2.45, 2.75) is 12.3 Å². The Morgan fingerprint density at radius 2 is 1.31 bits per heavy atom. The van der Waals surface area contributed by atoms with Crippen molar-refractivity contribution in [2.24, 2.45) is 0 Å². The third-order valence-corrected chi connectivity index (χ3v) is 8.29. The van der Waals surface area contributed by atoms with Gasteiger partial charge in [-0.05, 0) is 36.3 Å². The number of fused-ring (bicyclic) bond motifs is 8. The fraction of sp³-hybridized carbons (Fsp3) is 0.0541. The standard InChI is InChI=1S/C37H23N3O2/c1-2-9-22(10-3-1)35-38-36(40-37(39-35)29-13-8-16-32-33(29)28-12-5-7-15-31(28)41-32)24-18-19-25-23(21-24)17-20-27-26-11-4-6-14-30(26)42-34(25)27/h1-18,20-21,25H,19H2. The van der Waals surface area contributed by atoms with E-state index in [1.54, 1.807) is 0 Å². The molecule has 0 aliphatic heterocycles. The molecule has 5 nitrogen and oxygen atoms in total. The first-order valence-corrected chi connectivity index (χ1v) is 14.1. The Morgan fingerprint density at radius 3 is 2.19 bits per heavy atom. The minimum Gasteiger partial charge on any atom is -0.460 e. The van der Waals surface area contributed by atoms with E-state index in [1.807, 2.05) is 72.8 Å². The van der Waals surface area contributed by atoms with Crippen molar-refractivity contribution in [2.75, 3.05) is 0 Å². The van der Waals surface area contributed by atoms with Gasteiger partial charge in [-0.1, -0.05) is 97.1 Å². The van der Waals surface area contributed by atoms with Crippen LogP contribution in [0.3, 0.4) is 0 Å². The molecule has 0 bridgehead atoms. The molecule has 2 aliphatic rings. The monoisotopic (exact) mass is 541 g/mol. The van der Waals surface area contributed by atoms with E-state index in [0.29, 0.717) is 17.5 Å². The van der Waals surface area contributed by atoms with Gasteiger partial charge in [-0.2, -0.15) is 0 Å². The maximum Gasteiger partial charge on any atom is 0.164 e. The molecular formula is C37H23N3O2. The Hall–Kier alpha value is -5.55. The van der Waals surface area contributed by atoms with Gasteiger partial charge in [-0.25, -0.2) is 15.0 Å². The van der Waals surface area contributed by atoms with Crippen molar-refractivity contribution in [1.82, 2.24) is 15.0 Å². The molecule has 3 heterocycles. The van der Waals surface area contributed by atoms with Crippen molar-refractivity contribution in [3.05, 3.63) is 138 Å². The predicted molar refractivity (Wildman–Crippen MR) is 167 cm³/mol. The summed E-state index contributed by atoms with van der Waals surface area (Å²) in [5, 5.41) is 3.21. The second-order valence-electron chi connectivity index (χ2n) is 10.8. The highest BCUT2D eigenvalue weighted by Crippen LogP contribution is 2.45. The third-order valence-electron chi connectivity index (χ3n) is 8.29. The summed E-state index contributed by atoms with van der Waals surface area (Å²) in [6, 6.07) is 32.5. The lowest BCUT2D eigenvalue weighted by molar-refractivity contribution is 0.516. The summed E-state index contributed by atoms with van der Waals surface area (Å²) in [7, 11) is 0. The zero-order valence-corrected chi connectivity index (χ0v) is 22.5. The quantitative estimate of drug-likeness (QED) is 0.223. The highest BCUT2D eigenvalue weighted by Gasteiger charge is 2.29. The number of furan rings is 2. The molecule has 5 heteroatoms. The van der Waals surface area contributed by atoms with Crippen molar-refractivity contribution < 1.29 is 8.83 Å². The fourth-order valence-electron chi connectivity index (χ4n) is 6.30. The number of para-hydroxylation sites is 2. The number of nitrogens with zero attached hydrogens (tertiary/aromatic N) is 3. The average Bonchev–Trinajstić information content (AvgIpc) is 3.63. The van der Waals surface area contributed by atoms with Crippen LogP contribution in [-0.4, -0.2) is 15.0 Å². The van der Waals surface area contributed by atoms with Gasteiger partial charge in [0.1, 0.15) is 22.5 Å². The van der Waals surface area contributed by atoms with Crippen LogP contribution in [0.4, 0.5) is 0 Å². The lowest BCUT2D eigenvalue weighted by Gasteiger charge is -2.23. The van der Waals surface area contributed by atoms with E-state index >= 15 is 0 Å². The van der Waals surface area contributed by atoms with E-state index in [2.05, 4.69) is 48.6 Å². The van der Waals surface area contributed by atoms with Gasteiger partial charge in [0.15, 0.2) is 17.5 Å². The molecule has 7 aromatic rings. The van der Waals surface area contributed by atoms with Gasteiger partial charge in [0.05, 0.1) is 0 Å². The van der Waals surface area contributed by atoms with E-state index in [0.717, 1.165) is 61.8 Å². The fourth-order valence-corrected chi connectivity index (χ4v) is 6.30. The Bertz CT molecular complexity index is 2290. The van der Waals surface area contributed by atoms with Crippen molar-refractivity contribution in [3.63, 3.8) is 0 Å². The van der Waals surface area contributed by atoms with Gasteiger partial charge in [0.25, 0.3) is 0 Å². The topological polar surface area (TPSA) is 65.0 Å². The van der Waals surface area contributed by atoms with Crippen LogP contribution >= 0.6 is 0 Å². The molecule has 2 aliphatic carbocycles. The predicted octanol–water partition coefficient (Wildman–Crippen LogP) is 9.38. The second kappa shape index (κ2) is 8.98. The minimum atomic E-state index is 0.169. The minimum absolute atomic E-state index is 0.169. The highest BCUT2D eigenvalue weighted by molar-refractivity contribution is 6.11. The number of hydrogen-bond acceptors (Lipinski definition) is 5. The van der Waals surface area contributed by atoms with E-state index in [-0.39, 0.29) is 5.92 Å². The molecule has 3 aromatic heterocycles. The van der Waals surface area contributed by atoms with Crippen LogP contribution in [-0.2, 0) is 0 Å². The van der Waals surface area contributed by atoms with Crippen LogP contribution in [0.2, 0.25) is 0 Å². The molecule has 0 fully saturated rings.